The van der Waals surface area contributed by atoms with E-state index in [9.17, 15) is 4.79 Å². The number of amides is 1. The lowest BCUT2D eigenvalue weighted by Crippen LogP contribution is -2.26. The van der Waals surface area contributed by atoms with Gasteiger partial charge in [-0.25, -0.2) is 9.67 Å². The van der Waals surface area contributed by atoms with Crippen molar-refractivity contribution in [3.05, 3.63) is 82.9 Å². The molecule has 1 amide bonds. The number of hydrogen-bond donors (Lipinski definition) is 1. The highest BCUT2D eigenvalue weighted by atomic mass is 32.1. The summed E-state index contributed by atoms with van der Waals surface area (Å²) >= 11 is 1.60. The lowest BCUT2D eigenvalue weighted by Gasteiger charge is -2.01. The molecule has 0 unspecified atom stereocenters. The highest BCUT2D eigenvalue weighted by molar-refractivity contribution is 7.09. The Kier molecular flexibility index (Phi) is 5.02. The second kappa shape index (κ2) is 7.92. The predicted molar refractivity (Wildman–Crippen MR) is 105 cm³/mol. The van der Waals surface area contributed by atoms with Crippen LogP contribution in [0.3, 0.4) is 0 Å². The van der Waals surface area contributed by atoms with Crippen LogP contribution in [0.5, 0.6) is 0 Å². The van der Waals surface area contributed by atoms with Gasteiger partial charge in [0.15, 0.2) is 5.69 Å². The molecule has 2 aromatic carbocycles. The summed E-state index contributed by atoms with van der Waals surface area (Å²) in [6, 6.07) is 19.6. The standard InChI is InChI=1S/C20H17N5OS/c26-20(17-13-25(24-23-17)16-9-5-2-6-10-16)21-12-11-19-22-18(14-27-19)15-7-3-1-4-8-15/h1-10,13-14H,11-12H2,(H,21,26). The maximum atomic E-state index is 12.3. The molecule has 0 bridgehead atoms. The van der Waals surface area contributed by atoms with Crippen molar-refractivity contribution in [2.24, 2.45) is 0 Å². The highest BCUT2D eigenvalue weighted by Crippen LogP contribution is 2.21. The van der Waals surface area contributed by atoms with Crippen LogP contribution < -0.4 is 5.32 Å². The quantitative estimate of drug-likeness (QED) is 0.561. The van der Waals surface area contributed by atoms with E-state index in [1.165, 1.54) is 0 Å². The average Bonchev–Trinajstić information content (AvgIpc) is 3.39. The number of hydrogen-bond acceptors (Lipinski definition) is 5. The number of para-hydroxylation sites is 1. The van der Waals surface area contributed by atoms with Crippen LogP contribution in [0, 0.1) is 0 Å². The van der Waals surface area contributed by atoms with Crippen LogP contribution in [0.15, 0.2) is 72.2 Å². The summed E-state index contributed by atoms with van der Waals surface area (Å²) in [7, 11) is 0. The number of nitrogens with one attached hydrogen (secondary N) is 1. The summed E-state index contributed by atoms with van der Waals surface area (Å²) in [6.45, 7) is 0.499. The van der Waals surface area contributed by atoms with Crippen LogP contribution in [0.2, 0.25) is 0 Å². The van der Waals surface area contributed by atoms with E-state index in [-0.39, 0.29) is 5.91 Å². The van der Waals surface area contributed by atoms with E-state index in [2.05, 4.69) is 20.6 Å². The SMILES string of the molecule is O=C(NCCc1nc(-c2ccccc2)cs1)c1cn(-c2ccccc2)nn1. The molecule has 0 radical (unpaired) electrons. The zero-order chi connectivity index (χ0) is 18.5. The fourth-order valence-corrected chi connectivity index (χ4v) is 3.42. The molecule has 27 heavy (non-hydrogen) atoms. The van der Waals surface area contributed by atoms with Gasteiger partial charge in [0.05, 0.1) is 22.6 Å². The van der Waals surface area contributed by atoms with E-state index in [1.54, 1.807) is 22.2 Å². The molecule has 2 aromatic heterocycles. The first kappa shape index (κ1) is 17.1. The fourth-order valence-electron chi connectivity index (χ4n) is 2.62. The molecule has 0 saturated heterocycles. The van der Waals surface area contributed by atoms with Crippen molar-refractivity contribution in [3.8, 4) is 16.9 Å². The predicted octanol–water partition coefficient (Wildman–Crippen LogP) is 3.36. The first-order valence-corrected chi connectivity index (χ1v) is 9.43. The van der Waals surface area contributed by atoms with Gasteiger partial charge in [-0.1, -0.05) is 53.7 Å². The van der Waals surface area contributed by atoms with Gasteiger partial charge >= 0.3 is 0 Å². The number of rotatable bonds is 6. The number of thiazole rings is 1. The lowest BCUT2D eigenvalue weighted by atomic mass is 10.2. The smallest absolute Gasteiger partial charge is 0.273 e. The number of aromatic nitrogens is 4. The Morgan fingerprint density at radius 3 is 2.56 bits per heavy atom. The van der Waals surface area contributed by atoms with Crippen LogP contribution in [0.1, 0.15) is 15.5 Å². The maximum Gasteiger partial charge on any atom is 0.273 e. The van der Waals surface area contributed by atoms with Crippen molar-refractivity contribution in [2.75, 3.05) is 6.54 Å². The van der Waals surface area contributed by atoms with E-state index in [4.69, 9.17) is 0 Å². The molecule has 4 rings (SSSR count). The van der Waals surface area contributed by atoms with Crippen LogP contribution in [-0.2, 0) is 6.42 Å². The topological polar surface area (TPSA) is 72.7 Å². The summed E-state index contributed by atoms with van der Waals surface area (Å²) < 4.78 is 1.59. The zero-order valence-electron chi connectivity index (χ0n) is 14.4. The second-order valence-corrected chi connectivity index (χ2v) is 6.82. The van der Waals surface area contributed by atoms with Crippen LogP contribution >= 0.6 is 11.3 Å². The van der Waals surface area contributed by atoms with Gasteiger partial charge in [-0.2, -0.15) is 0 Å². The normalized spacial score (nSPS) is 10.7. The molecule has 0 aliphatic rings. The van der Waals surface area contributed by atoms with E-state index in [1.807, 2.05) is 66.0 Å². The van der Waals surface area contributed by atoms with E-state index >= 15 is 0 Å². The minimum Gasteiger partial charge on any atom is -0.350 e. The minimum absolute atomic E-state index is 0.239. The Morgan fingerprint density at radius 1 is 1.04 bits per heavy atom. The van der Waals surface area contributed by atoms with Gasteiger partial charge in [-0.15, -0.1) is 16.4 Å². The average molecular weight is 375 g/mol. The molecule has 1 N–H and O–H groups in total. The summed E-state index contributed by atoms with van der Waals surface area (Å²) in [4.78, 5) is 16.9. The van der Waals surface area contributed by atoms with Crippen LogP contribution in [0.4, 0.5) is 0 Å². The number of carbonyl (C=O) groups excluding carboxylic acids is 1. The molecule has 6 nitrogen and oxygen atoms in total. The molecule has 134 valence electrons. The second-order valence-electron chi connectivity index (χ2n) is 5.88. The monoisotopic (exact) mass is 375 g/mol. The molecule has 2 heterocycles. The largest absolute Gasteiger partial charge is 0.350 e. The Labute approximate surface area is 160 Å². The molecule has 7 heteroatoms. The van der Waals surface area contributed by atoms with Gasteiger partial charge < -0.3 is 5.32 Å². The molecule has 0 fully saturated rings. The molecule has 0 spiro atoms. The van der Waals surface area contributed by atoms with E-state index < -0.39 is 0 Å². The van der Waals surface area contributed by atoms with Gasteiger partial charge in [0.2, 0.25) is 0 Å². The van der Waals surface area contributed by atoms with E-state index in [0.717, 1.165) is 22.0 Å². The van der Waals surface area contributed by atoms with E-state index in [0.29, 0.717) is 18.7 Å². The van der Waals surface area contributed by atoms with Crippen LogP contribution in [-0.4, -0.2) is 32.4 Å². The first-order chi connectivity index (χ1) is 13.3. The van der Waals surface area contributed by atoms with Crippen molar-refractivity contribution in [1.82, 2.24) is 25.3 Å². The van der Waals surface area contributed by atoms with Gasteiger partial charge in [0.25, 0.3) is 5.91 Å². The molecular formula is C20H17N5OS. The number of nitrogens with zero attached hydrogens (tertiary/aromatic N) is 4. The molecule has 0 saturated carbocycles. The van der Waals surface area contributed by atoms with Gasteiger partial charge in [-0.3, -0.25) is 4.79 Å². The molecule has 0 atom stereocenters. The Balaban J connectivity index is 1.33. The molecular weight excluding hydrogens is 358 g/mol. The Bertz CT molecular complexity index is 1030. The third-order valence-electron chi connectivity index (χ3n) is 3.99. The summed E-state index contributed by atoms with van der Waals surface area (Å²) in [5.74, 6) is -0.239. The lowest BCUT2D eigenvalue weighted by molar-refractivity contribution is 0.0949. The van der Waals surface area contributed by atoms with Crippen molar-refractivity contribution in [2.45, 2.75) is 6.42 Å². The van der Waals surface area contributed by atoms with Gasteiger partial charge in [-0.05, 0) is 12.1 Å². The first-order valence-electron chi connectivity index (χ1n) is 8.55. The molecule has 4 aromatic rings. The Morgan fingerprint density at radius 2 is 1.78 bits per heavy atom. The maximum absolute atomic E-state index is 12.3. The fraction of sp³-hybridized carbons (Fsp3) is 0.100. The summed E-state index contributed by atoms with van der Waals surface area (Å²) in [5.41, 5.74) is 3.22. The van der Waals surface area contributed by atoms with Crippen molar-refractivity contribution in [1.29, 1.82) is 0 Å². The van der Waals surface area contributed by atoms with Gasteiger partial charge in [0.1, 0.15) is 0 Å². The third kappa shape index (κ3) is 4.09. The van der Waals surface area contributed by atoms with Crippen molar-refractivity contribution >= 4 is 17.2 Å². The van der Waals surface area contributed by atoms with Gasteiger partial charge in [0, 0.05) is 23.9 Å². The zero-order valence-corrected chi connectivity index (χ0v) is 15.3. The van der Waals surface area contributed by atoms with Crippen LogP contribution in [0.25, 0.3) is 16.9 Å². The number of benzene rings is 2. The summed E-state index contributed by atoms with van der Waals surface area (Å²) in [6.07, 6.45) is 2.30. The molecule has 0 aliphatic carbocycles. The Hall–Kier alpha value is -3.32. The summed E-state index contributed by atoms with van der Waals surface area (Å²) in [5, 5.41) is 13.9. The number of carbonyl (C=O) groups is 1. The molecule has 0 aliphatic heterocycles. The van der Waals surface area contributed by atoms with Crippen molar-refractivity contribution in [3.63, 3.8) is 0 Å². The minimum atomic E-state index is -0.239. The van der Waals surface area contributed by atoms with Crippen molar-refractivity contribution < 1.29 is 4.79 Å². The highest BCUT2D eigenvalue weighted by Gasteiger charge is 2.11. The third-order valence-corrected chi connectivity index (χ3v) is 4.90.